The van der Waals surface area contributed by atoms with E-state index < -0.39 is 18.2 Å². The van der Waals surface area contributed by atoms with E-state index in [1.165, 1.54) is 6.07 Å². The van der Waals surface area contributed by atoms with E-state index in [0.29, 0.717) is 0 Å². The third-order valence-electron chi connectivity index (χ3n) is 3.06. The van der Waals surface area contributed by atoms with Gasteiger partial charge in [0.2, 0.25) is 0 Å². The van der Waals surface area contributed by atoms with Gasteiger partial charge < -0.3 is 25.9 Å². The highest BCUT2D eigenvalue weighted by atomic mass is 16.4. The van der Waals surface area contributed by atoms with E-state index in [1.807, 2.05) is 0 Å². The number of aromatic hydroxyl groups is 1. The summed E-state index contributed by atoms with van der Waals surface area (Å²) in [6.07, 6.45) is 0. The maximum atomic E-state index is 11.8. The highest BCUT2D eigenvalue weighted by molar-refractivity contribution is 6.58. The Labute approximate surface area is 124 Å². The SMILES string of the molecule is N#Cc1c(N)[nH]c(=O)c(C#N)c1-c1cc(B(O)O)ccc1O. The van der Waals surface area contributed by atoms with Gasteiger partial charge in [0.1, 0.15) is 34.8 Å². The second-order valence-corrected chi connectivity index (χ2v) is 4.37. The number of nitriles is 2. The van der Waals surface area contributed by atoms with Crippen molar-refractivity contribution in [1.29, 1.82) is 10.5 Å². The van der Waals surface area contributed by atoms with Crippen LogP contribution in [-0.4, -0.2) is 27.3 Å². The number of aromatic amines is 1. The predicted octanol–water partition coefficient (Wildman–Crippen LogP) is -1.25. The lowest BCUT2D eigenvalue weighted by Crippen LogP contribution is -2.29. The van der Waals surface area contributed by atoms with E-state index in [4.69, 9.17) is 11.0 Å². The first-order valence-electron chi connectivity index (χ1n) is 5.96. The summed E-state index contributed by atoms with van der Waals surface area (Å²) in [7, 11) is -1.82. The van der Waals surface area contributed by atoms with E-state index in [0.717, 1.165) is 12.1 Å². The smallest absolute Gasteiger partial charge is 0.488 e. The summed E-state index contributed by atoms with van der Waals surface area (Å²) < 4.78 is 0. The number of phenolic OH excluding ortho intramolecular Hbond substituents is 1. The fourth-order valence-electron chi connectivity index (χ4n) is 2.03. The lowest BCUT2D eigenvalue weighted by atomic mass is 9.78. The number of nitrogens with two attached hydrogens (primary N) is 1. The maximum absolute atomic E-state index is 11.8. The average Bonchev–Trinajstić information content (AvgIpc) is 2.47. The number of aromatic nitrogens is 1. The van der Waals surface area contributed by atoms with Crippen molar-refractivity contribution in [2.45, 2.75) is 0 Å². The lowest BCUT2D eigenvalue weighted by Gasteiger charge is -2.11. The number of hydrogen-bond acceptors (Lipinski definition) is 7. The van der Waals surface area contributed by atoms with Crippen LogP contribution >= 0.6 is 0 Å². The molecule has 0 saturated carbocycles. The Balaban J connectivity index is 2.95. The lowest BCUT2D eigenvalue weighted by molar-refractivity contribution is 0.425. The molecule has 0 atom stereocenters. The molecular formula is C13H9BN4O4. The molecule has 0 bridgehead atoms. The molecule has 0 saturated heterocycles. The Morgan fingerprint density at radius 1 is 1.18 bits per heavy atom. The topological polar surface area (TPSA) is 167 Å². The molecule has 22 heavy (non-hydrogen) atoms. The zero-order valence-corrected chi connectivity index (χ0v) is 11.0. The number of H-pyrrole nitrogens is 1. The molecule has 0 radical (unpaired) electrons. The Kier molecular flexibility index (Phi) is 3.86. The van der Waals surface area contributed by atoms with Crippen LogP contribution in [0.1, 0.15) is 11.1 Å². The van der Waals surface area contributed by atoms with Crippen LogP contribution < -0.4 is 16.8 Å². The molecule has 2 aromatic rings. The van der Waals surface area contributed by atoms with Gasteiger partial charge in [-0.1, -0.05) is 12.1 Å². The minimum atomic E-state index is -1.82. The number of rotatable bonds is 2. The number of nitrogens with one attached hydrogen (secondary N) is 1. The minimum absolute atomic E-state index is 0.0134. The van der Waals surface area contributed by atoms with Gasteiger partial charge in [-0.2, -0.15) is 10.5 Å². The number of nitrogens with zero attached hydrogens (tertiary/aromatic N) is 2. The van der Waals surface area contributed by atoms with Gasteiger partial charge in [0.15, 0.2) is 0 Å². The molecule has 1 aromatic heterocycles. The largest absolute Gasteiger partial charge is 0.507 e. The van der Waals surface area contributed by atoms with E-state index in [-0.39, 0.29) is 33.7 Å². The Bertz CT molecular complexity index is 893. The van der Waals surface area contributed by atoms with Crippen molar-refractivity contribution in [1.82, 2.24) is 4.98 Å². The van der Waals surface area contributed by atoms with Crippen LogP contribution in [-0.2, 0) is 0 Å². The number of nitrogen functional groups attached to an aromatic ring is 1. The predicted molar refractivity (Wildman–Crippen MR) is 77.8 cm³/mol. The maximum Gasteiger partial charge on any atom is 0.488 e. The Morgan fingerprint density at radius 3 is 2.36 bits per heavy atom. The van der Waals surface area contributed by atoms with Gasteiger partial charge in [-0.25, -0.2) is 0 Å². The van der Waals surface area contributed by atoms with Crippen molar-refractivity contribution in [2.24, 2.45) is 0 Å². The number of benzene rings is 1. The van der Waals surface area contributed by atoms with Crippen molar-refractivity contribution in [3.8, 4) is 29.0 Å². The minimum Gasteiger partial charge on any atom is -0.507 e. The molecule has 8 nitrogen and oxygen atoms in total. The number of hydrogen-bond donors (Lipinski definition) is 5. The number of phenols is 1. The molecule has 0 fully saturated rings. The fraction of sp³-hybridized carbons (Fsp3) is 0. The molecule has 0 amide bonds. The summed E-state index contributed by atoms with van der Waals surface area (Å²) in [5, 5.41) is 46.7. The van der Waals surface area contributed by atoms with E-state index in [1.54, 1.807) is 12.1 Å². The van der Waals surface area contributed by atoms with E-state index in [9.17, 15) is 25.2 Å². The summed E-state index contributed by atoms with van der Waals surface area (Å²) in [5.41, 5.74) is 3.93. The van der Waals surface area contributed by atoms with Gasteiger partial charge in [-0.15, -0.1) is 0 Å². The molecule has 6 N–H and O–H groups in total. The van der Waals surface area contributed by atoms with Crippen molar-refractivity contribution in [3.63, 3.8) is 0 Å². The van der Waals surface area contributed by atoms with Crippen LogP contribution in [0.25, 0.3) is 11.1 Å². The summed E-state index contributed by atoms with van der Waals surface area (Å²) in [6.45, 7) is 0. The van der Waals surface area contributed by atoms with Crippen LogP contribution in [0.15, 0.2) is 23.0 Å². The van der Waals surface area contributed by atoms with Crippen molar-refractivity contribution in [2.75, 3.05) is 5.73 Å². The zero-order chi connectivity index (χ0) is 16.4. The third-order valence-corrected chi connectivity index (χ3v) is 3.06. The van der Waals surface area contributed by atoms with Gasteiger partial charge in [-0.05, 0) is 11.5 Å². The fourth-order valence-corrected chi connectivity index (χ4v) is 2.03. The molecule has 9 heteroatoms. The Hall–Kier alpha value is -3.27. The summed E-state index contributed by atoms with van der Waals surface area (Å²) in [5.74, 6) is -0.599. The van der Waals surface area contributed by atoms with Crippen LogP contribution in [0.4, 0.5) is 5.82 Å². The summed E-state index contributed by atoms with van der Waals surface area (Å²) >= 11 is 0. The average molecular weight is 296 g/mol. The molecule has 0 unspecified atom stereocenters. The van der Waals surface area contributed by atoms with Crippen LogP contribution in [0, 0.1) is 22.7 Å². The van der Waals surface area contributed by atoms with Gasteiger partial charge in [0.05, 0.1) is 0 Å². The zero-order valence-electron chi connectivity index (χ0n) is 11.0. The molecule has 1 heterocycles. The molecule has 0 aliphatic carbocycles. The quantitative estimate of drug-likeness (QED) is 0.431. The normalized spacial score (nSPS) is 9.82. The summed E-state index contributed by atoms with van der Waals surface area (Å²) in [4.78, 5) is 14.0. The number of pyridine rings is 1. The van der Waals surface area contributed by atoms with Crippen molar-refractivity contribution in [3.05, 3.63) is 39.7 Å². The molecule has 0 aliphatic rings. The van der Waals surface area contributed by atoms with E-state index in [2.05, 4.69) is 4.98 Å². The van der Waals surface area contributed by atoms with Gasteiger partial charge in [0.25, 0.3) is 5.56 Å². The monoisotopic (exact) mass is 296 g/mol. The van der Waals surface area contributed by atoms with Crippen LogP contribution in [0.3, 0.4) is 0 Å². The molecule has 1 aromatic carbocycles. The first-order chi connectivity index (χ1) is 10.4. The van der Waals surface area contributed by atoms with Gasteiger partial charge in [-0.3, -0.25) is 4.79 Å². The third kappa shape index (κ3) is 2.38. The van der Waals surface area contributed by atoms with Crippen molar-refractivity contribution >= 4 is 18.4 Å². The molecule has 108 valence electrons. The molecule has 0 aliphatic heterocycles. The van der Waals surface area contributed by atoms with Crippen LogP contribution in [0.2, 0.25) is 0 Å². The first-order valence-corrected chi connectivity index (χ1v) is 5.96. The molecular weight excluding hydrogens is 287 g/mol. The summed E-state index contributed by atoms with van der Waals surface area (Å²) in [6, 6.07) is 6.98. The highest BCUT2D eigenvalue weighted by Crippen LogP contribution is 2.33. The molecule has 2 rings (SSSR count). The van der Waals surface area contributed by atoms with Gasteiger partial charge in [0, 0.05) is 11.1 Å². The van der Waals surface area contributed by atoms with Crippen LogP contribution in [0.5, 0.6) is 5.75 Å². The first kappa shape index (κ1) is 15.1. The molecule has 0 spiro atoms. The van der Waals surface area contributed by atoms with E-state index >= 15 is 0 Å². The standard InChI is InChI=1S/C13H9BN4O4/c15-4-8-11(9(5-16)13(20)18-12(8)17)7-3-6(14(21)22)1-2-10(7)19/h1-3,19,21-22H,(H3,17,18,20). The second-order valence-electron chi connectivity index (χ2n) is 4.37. The highest BCUT2D eigenvalue weighted by Gasteiger charge is 2.22. The second kappa shape index (κ2) is 5.62. The number of anilines is 1. The van der Waals surface area contributed by atoms with Crippen molar-refractivity contribution < 1.29 is 15.2 Å². The Morgan fingerprint density at radius 2 is 1.82 bits per heavy atom. The van der Waals surface area contributed by atoms with Gasteiger partial charge >= 0.3 is 7.12 Å².